The van der Waals surface area contributed by atoms with Crippen molar-refractivity contribution in [2.75, 3.05) is 32.5 Å². The van der Waals surface area contributed by atoms with Gasteiger partial charge in [0, 0.05) is 19.6 Å². The molecule has 0 spiro atoms. The molecule has 1 aliphatic heterocycles. The minimum absolute atomic E-state index is 0.278. The number of rotatable bonds is 5. The molecule has 0 amide bonds. The van der Waals surface area contributed by atoms with Gasteiger partial charge in [-0.3, -0.25) is 0 Å². The Balaban J connectivity index is 1.39. The highest BCUT2D eigenvalue weighted by Gasteiger charge is 2.18. The summed E-state index contributed by atoms with van der Waals surface area (Å²) in [5.74, 6) is 1.34. The van der Waals surface area contributed by atoms with Crippen LogP contribution >= 0.6 is 0 Å². The minimum atomic E-state index is 0.278. The van der Waals surface area contributed by atoms with Gasteiger partial charge in [0.2, 0.25) is 11.8 Å². The molecule has 3 aromatic heterocycles. The highest BCUT2D eigenvalue weighted by atomic mass is 16.5. The van der Waals surface area contributed by atoms with Crippen molar-refractivity contribution in [3.8, 4) is 0 Å². The van der Waals surface area contributed by atoms with Crippen molar-refractivity contribution in [3.63, 3.8) is 0 Å². The standard InChI is InChI=1S/C22H26N8O/c1-3-18(31-2)19-25-21-17-14-24-29(20(17)26-22(23)30(21)27-19)13-12-28-10-8-15-6-4-5-7-16(15)9-11-28/h3-7,14H,8-13H2,1-2H3,(H2,23,26)/b18-3-. The van der Waals surface area contributed by atoms with Crippen LogP contribution in [0.15, 0.2) is 36.5 Å². The fraction of sp³-hybridized carbons (Fsp3) is 0.364. The number of nitrogens with zero attached hydrogens (tertiary/aromatic N) is 7. The smallest absolute Gasteiger partial charge is 0.225 e. The van der Waals surface area contributed by atoms with E-state index >= 15 is 0 Å². The quantitative estimate of drug-likeness (QED) is 0.496. The molecule has 0 fully saturated rings. The van der Waals surface area contributed by atoms with Crippen LogP contribution in [0.5, 0.6) is 0 Å². The summed E-state index contributed by atoms with van der Waals surface area (Å²) in [6, 6.07) is 8.74. The molecule has 4 heterocycles. The number of hydrogen-bond acceptors (Lipinski definition) is 7. The Labute approximate surface area is 180 Å². The summed E-state index contributed by atoms with van der Waals surface area (Å²) in [6.07, 6.45) is 5.77. The first-order valence-corrected chi connectivity index (χ1v) is 10.6. The van der Waals surface area contributed by atoms with E-state index in [-0.39, 0.29) is 5.95 Å². The van der Waals surface area contributed by atoms with Crippen molar-refractivity contribution in [1.82, 2.24) is 34.3 Å². The summed E-state index contributed by atoms with van der Waals surface area (Å²) in [4.78, 5) is 11.7. The molecule has 0 saturated carbocycles. The average molecular weight is 419 g/mol. The van der Waals surface area contributed by atoms with Crippen LogP contribution in [0.25, 0.3) is 22.4 Å². The van der Waals surface area contributed by atoms with Crippen molar-refractivity contribution in [2.24, 2.45) is 0 Å². The Hall–Kier alpha value is -3.46. The molecule has 0 radical (unpaired) electrons. The van der Waals surface area contributed by atoms with Gasteiger partial charge >= 0.3 is 0 Å². The first-order valence-electron chi connectivity index (χ1n) is 10.6. The zero-order chi connectivity index (χ0) is 21.4. The predicted octanol–water partition coefficient (Wildman–Crippen LogP) is 2.16. The maximum atomic E-state index is 6.19. The van der Waals surface area contributed by atoms with E-state index in [1.807, 2.05) is 17.7 Å². The number of methoxy groups -OCH3 is 1. The number of nitrogens with two attached hydrogens (primary N) is 1. The number of anilines is 1. The molecular weight excluding hydrogens is 392 g/mol. The molecule has 0 aliphatic carbocycles. The lowest BCUT2D eigenvalue weighted by Crippen LogP contribution is -2.30. The van der Waals surface area contributed by atoms with Gasteiger partial charge < -0.3 is 15.4 Å². The van der Waals surface area contributed by atoms with Gasteiger partial charge in [-0.05, 0) is 37.0 Å². The molecule has 2 N–H and O–H groups in total. The van der Waals surface area contributed by atoms with Crippen LogP contribution in [0.1, 0.15) is 23.9 Å². The van der Waals surface area contributed by atoms with E-state index in [0.29, 0.717) is 17.2 Å². The fourth-order valence-electron chi connectivity index (χ4n) is 4.24. The molecule has 4 aromatic rings. The van der Waals surface area contributed by atoms with Crippen LogP contribution in [-0.4, -0.2) is 61.0 Å². The zero-order valence-corrected chi connectivity index (χ0v) is 17.8. The van der Waals surface area contributed by atoms with Gasteiger partial charge in [-0.15, -0.1) is 5.10 Å². The lowest BCUT2D eigenvalue weighted by atomic mass is 10.0. The number of ether oxygens (including phenoxy) is 1. The molecule has 1 aliphatic rings. The lowest BCUT2D eigenvalue weighted by molar-refractivity contribution is 0.272. The molecule has 1 aromatic carbocycles. The summed E-state index contributed by atoms with van der Waals surface area (Å²) in [6.45, 7) is 5.62. The van der Waals surface area contributed by atoms with Crippen LogP contribution in [0.4, 0.5) is 5.95 Å². The van der Waals surface area contributed by atoms with Gasteiger partial charge in [0.1, 0.15) is 0 Å². The van der Waals surface area contributed by atoms with Crippen molar-refractivity contribution in [3.05, 3.63) is 53.5 Å². The van der Waals surface area contributed by atoms with E-state index < -0.39 is 0 Å². The Morgan fingerprint density at radius 2 is 1.84 bits per heavy atom. The van der Waals surface area contributed by atoms with E-state index in [4.69, 9.17) is 10.5 Å². The van der Waals surface area contributed by atoms with E-state index in [0.717, 1.165) is 50.1 Å². The van der Waals surface area contributed by atoms with Gasteiger partial charge in [-0.2, -0.15) is 14.6 Å². The van der Waals surface area contributed by atoms with Gasteiger partial charge in [0.25, 0.3) is 0 Å². The summed E-state index contributed by atoms with van der Waals surface area (Å²) in [5.41, 5.74) is 10.5. The molecule has 160 valence electrons. The topological polar surface area (TPSA) is 99.4 Å². The molecule has 0 saturated heterocycles. The third kappa shape index (κ3) is 3.50. The van der Waals surface area contributed by atoms with Crippen LogP contribution in [0.3, 0.4) is 0 Å². The second kappa shape index (κ2) is 7.99. The first kappa shape index (κ1) is 19.5. The minimum Gasteiger partial charge on any atom is -0.493 e. The zero-order valence-electron chi connectivity index (χ0n) is 17.8. The summed E-state index contributed by atoms with van der Waals surface area (Å²) in [7, 11) is 1.59. The second-order valence-corrected chi connectivity index (χ2v) is 7.71. The van der Waals surface area contributed by atoms with Crippen LogP contribution in [0.2, 0.25) is 0 Å². The Morgan fingerprint density at radius 1 is 1.10 bits per heavy atom. The molecule has 0 unspecified atom stereocenters. The number of benzene rings is 1. The van der Waals surface area contributed by atoms with E-state index in [1.54, 1.807) is 13.3 Å². The maximum absolute atomic E-state index is 6.19. The molecule has 5 rings (SSSR count). The maximum Gasteiger partial charge on any atom is 0.225 e. The Bertz CT molecular complexity index is 1240. The lowest BCUT2D eigenvalue weighted by Gasteiger charge is -2.19. The SMILES string of the molecule is C/C=C(\OC)c1nc2c3cnn(CCN4CCc5ccccc5CC4)c3nc(N)n2n1. The van der Waals surface area contributed by atoms with Crippen LogP contribution in [-0.2, 0) is 24.1 Å². The first-order chi connectivity index (χ1) is 15.2. The normalized spacial score (nSPS) is 15.4. The number of hydrogen-bond donors (Lipinski definition) is 1. The Morgan fingerprint density at radius 3 is 2.52 bits per heavy atom. The van der Waals surface area contributed by atoms with Crippen molar-refractivity contribution >= 4 is 28.4 Å². The number of allylic oxidation sites excluding steroid dienone is 1. The molecular formula is C22H26N8O. The third-order valence-corrected chi connectivity index (χ3v) is 5.94. The Kier molecular flexibility index (Phi) is 5.03. The molecule has 0 bridgehead atoms. The number of aromatic nitrogens is 6. The van der Waals surface area contributed by atoms with E-state index in [9.17, 15) is 0 Å². The van der Waals surface area contributed by atoms with Crippen molar-refractivity contribution in [1.29, 1.82) is 0 Å². The molecule has 9 heteroatoms. The van der Waals surface area contributed by atoms with E-state index in [2.05, 4.69) is 49.3 Å². The predicted molar refractivity (Wildman–Crippen MR) is 119 cm³/mol. The van der Waals surface area contributed by atoms with Gasteiger partial charge in [0.15, 0.2) is 17.1 Å². The van der Waals surface area contributed by atoms with Crippen molar-refractivity contribution in [2.45, 2.75) is 26.3 Å². The van der Waals surface area contributed by atoms with E-state index in [1.165, 1.54) is 15.6 Å². The summed E-state index contributed by atoms with van der Waals surface area (Å²) >= 11 is 0. The van der Waals surface area contributed by atoms with Gasteiger partial charge in [-0.1, -0.05) is 24.3 Å². The highest BCUT2D eigenvalue weighted by molar-refractivity contribution is 5.90. The summed E-state index contributed by atoms with van der Waals surface area (Å²) < 4.78 is 8.79. The monoisotopic (exact) mass is 418 g/mol. The number of fused-ring (bicyclic) bond motifs is 4. The number of nitrogen functional groups attached to an aromatic ring is 1. The molecule has 31 heavy (non-hydrogen) atoms. The van der Waals surface area contributed by atoms with Crippen LogP contribution in [0, 0.1) is 0 Å². The second-order valence-electron chi connectivity index (χ2n) is 7.71. The largest absolute Gasteiger partial charge is 0.493 e. The summed E-state index contributed by atoms with van der Waals surface area (Å²) in [5, 5.41) is 9.84. The fourth-order valence-corrected chi connectivity index (χ4v) is 4.24. The highest BCUT2D eigenvalue weighted by Crippen LogP contribution is 2.22. The average Bonchev–Trinajstić information content (AvgIpc) is 3.33. The van der Waals surface area contributed by atoms with Gasteiger partial charge in [0.05, 0.1) is 25.2 Å². The molecule has 0 atom stereocenters. The third-order valence-electron chi connectivity index (χ3n) is 5.94. The van der Waals surface area contributed by atoms with Crippen molar-refractivity contribution < 1.29 is 4.74 Å². The van der Waals surface area contributed by atoms with Crippen LogP contribution < -0.4 is 5.73 Å². The molecule has 9 nitrogen and oxygen atoms in total. The van der Waals surface area contributed by atoms with Gasteiger partial charge in [-0.25, -0.2) is 9.67 Å².